The number of fused-ring (bicyclic) bond motifs is 12. The number of halogens is 1. The molecule has 0 amide bonds. The van der Waals surface area contributed by atoms with Crippen LogP contribution < -0.4 is 15.3 Å². The molecule has 472 valence electrons. The van der Waals surface area contributed by atoms with E-state index in [0.29, 0.717) is 5.46 Å². The lowest BCUT2D eigenvalue weighted by atomic mass is 9.80. The van der Waals surface area contributed by atoms with E-state index in [1.807, 2.05) is 97.1 Å². The molecule has 0 spiro atoms. The Labute approximate surface area is 579 Å². The van der Waals surface area contributed by atoms with Gasteiger partial charge in [0.15, 0.2) is 0 Å². The molecule has 98 heavy (non-hydrogen) atoms. The van der Waals surface area contributed by atoms with Crippen molar-refractivity contribution in [1.82, 2.24) is 0 Å². The maximum absolute atomic E-state index is 9.41. The van der Waals surface area contributed by atoms with E-state index in [1.54, 1.807) is 12.1 Å². The van der Waals surface area contributed by atoms with Crippen molar-refractivity contribution >= 4 is 107 Å². The first-order valence-corrected chi connectivity index (χ1v) is 34.1. The number of hydrogen-bond acceptors (Lipinski definition) is 6. The van der Waals surface area contributed by atoms with Crippen molar-refractivity contribution in [3.8, 4) is 55.6 Å². The fourth-order valence-corrected chi connectivity index (χ4v) is 15.0. The lowest BCUT2D eigenvalue weighted by molar-refractivity contribution is 0.426. The standard InChI is InChI=1S/C45H33NO.C27H19BrO.C18H16BNO2/c1-45(2)41-28-32(30-12-11-17-36(26-30)46(34-13-5-3-6-14-34)35-15-7-4-8-16-35)20-23-37(41)38-24-21-33(29-42(38)45)31-22-25-44-40(27-31)39-18-9-10-19-43(39)47-44;1-27(2)23-14-17(7-10-19(23)20-11-9-18(28)15-24(20)27)16-8-12-26-22(13-16)21-5-3-4-6-25(21)29-26;21-19(22)15-8-7-13-18(14-15)20(16-9-3-1-4-10-16)17-11-5-2-6-12-17/h3-29H,1-2H3;3-15H,1-2H3;1-14,21-22H. The summed E-state index contributed by atoms with van der Waals surface area (Å²) in [6.45, 7) is 9.36. The highest BCUT2D eigenvalue weighted by molar-refractivity contribution is 9.10. The number of benzene rings is 14. The molecule has 14 aromatic carbocycles. The van der Waals surface area contributed by atoms with Crippen LogP contribution in [0.25, 0.3) is 99.5 Å². The topological polar surface area (TPSA) is 73.2 Å². The van der Waals surface area contributed by atoms with Crippen LogP contribution >= 0.6 is 15.9 Å². The molecule has 0 saturated carbocycles. The summed E-state index contributed by atoms with van der Waals surface area (Å²) in [6.07, 6.45) is 0. The van der Waals surface area contributed by atoms with Crippen LogP contribution in [0.15, 0.2) is 341 Å². The number of para-hydroxylation sites is 6. The number of anilines is 6. The summed E-state index contributed by atoms with van der Waals surface area (Å²) in [5.74, 6) is 0. The first kappa shape index (κ1) is 61.6. The van der Waals surface area contributed by atoms with E-state index in [-0.39, 0.29) is 10.8 Å². The van der Waals surface area contributed by atoms with Crippen LogP contribution in [0.3, 0.4) is 0 Å². The molecule has 0 unspecified atom stereocenters. The summed E-state index contributed by atoms with van der Waals surface area (Å²) in [4.78, 5) is 4.40. The van der Waals surface area contributed by atoms with E-state index in [9.17, 15) is 10.0 Å². The van der Waals surface area contributed by atoms with Gasteiger partial charge in [-0.05, 0) is 223 Å². The van der Waals surface area contributed by atoms with Crippen LogP contribution in [0.2, 0.25) is 0 Å². The summed E-state index contributed by atoms with van der Waals surface area (Å²) in [5.41, 5.74) is 28.5. The Hall–Kier alpha value is -11.3. The molecule has 2 N–H and O–H groups in total. The minimum absolute atomic E-state index is 0.0170. The van der Waals surface area contributed by atoms with Crippen molar-refractivity contribution in [2.45, 2.75) is 38.5 Å². The van der Waals surface area contributed by atoms with E-state index in [4.69, 9.17) is 8.83 Å². The molecule has 8 heteroatoms. The van der Waals surface area contributed by atoms with E-state index < -0.39 is 7.12 Å². The lowest BCUT2D eigenvalue weighted by Crippen LogP contribution is -2.30. The second-order valence-electron chi connectivity index (χ2n) is 26.4. The Morgan fingerprint density at radius 2 is 0.592 bits per heavy atom. The molecule has 0 saturated heterocycles. The number of furan rings is 2. The molecule has 18 rings (SSSR count). The monoisotopic (exact) mass is 1330 g/mol. The van der Waals surface area contributed by atoms with Gasteiger partial charge in [0.1, 0.15) is 22.3 Å². The Morgan fingerprint density at radius 3 is 1.01 bits per heavy atom. The van der Waals surface area contributed by atoms with Crippen molar-refractivity contribution in [2.75, 3.05) is 9.80 Å². The van der Waals surface area contributed by atoms with Crippen LogP contribution in [0.5, 0.6) is 0 Å². The second kappa shape index (κ2) is 25.4. The van der Waals surface area contributed by atoms with E-state index in [1.165, 1.54) is 88.7 Å². The molecule has 0 radical (unpaired) electrons. The molecule has 0 bridgehead atoms. The minimum atomic E-state index is -1.48. The first-order chi connectivity index (χ1) is 47.8. The van der Waals surface area contributed by atoms with Gasteiger partial charge in [-0.3, -0.25) is 0 Å². The average molecular weight is 1330 g/mol. The molecular formula is C90H68BBrN2O4. The number of hydrogen-bond donors (Lipinski definition) is 2. The highest BCUT2D eigenvalue weighted by Gasteiger charge is 2.37. The van der Waals surface area contributed by atoms with Crippen molar-refractivity contribution in [2.24, 2.45) is 0 Å². The third-order valence-corrected chi connectivity index (χ3v) is 20.1. The lowest BCUT2D eigenvalue weighted by Gasteiger charge is -2.26. The minimum Gasteiger partial charge on any atom is -0.456 e. The molecule has 6 nitrogen and oxygen atoms in total. The molecule has 2 aliphatic carbocycles. The third-order valence-electron chi connectivity index (χ3n) is 19.7. The van der Waals surface area contributed by atoms with Crippen LogP contribution in [-0.2, 0) is 10.8 Å². The Morgan fingerprint density at radius 1 is 0.276 bits per heavy atom. The molecule has 2 aromatic heterocycles. The second-order valence-corrected chi connectivity index (χ2v) is 27.3. The Kier molecular flexibility index (Phi) is 16.0. The number of nitrogens with zero attached hydrogens (tertiary/aromatic N) is 2. The SMILES string of the molecule is CC1(C)c2cc(-c3cccc(N(c4ccccc4)c4ccccc4)c3)ccc2-c2ccc(-c3ccc4oc5ccccc5c4c3)cc21.CC1(C)c2cc(Br)ccc2-c2ccc(-c3ccc4oc5ccccc5c4c3)cc21.OB(O)c1cccc(N(c2ccccc2)c2ccccc2)c1. The van der Waals surface area contributed by atoms with E-state index in [0.717, 1.165) is 71.7 Å². The van der Waals surface area contributed by atoms with Crippen LogP contribution in [0.4, 0.5) is 34.1 Å². The van der Waals surface area contributed by atoms with Gasteiger partial charge in [0.25, 0.3) is 0 Å². The molecule has 0 fully saturated rings. The van der Waals surface area contributed by atoms with Gasteiger partial charge in [0.05, 0.1) is 0 Å². The van der Waals surface area contributed by atoms with Gasteiger partial charge in [-0.25, -0.2) is 0 Å². The molecule has 2 heterocycles. The summed E-state index contributed by atoms with van der Waals surface area (Å²) < 4.78 is 13.2. The Bertz CT molecular complexity index is 5570. The fourth-order valence-electron chi connectivity index (χ4n) is 14.6. The summed E-state index contributed by atoms with van der Waals surface area (Å²) in [6, 6.07) is 114. The van der Waals surface area contributed by atoms with Gasteiger partial charge >= 0.3 is 7.12 Å². The maximum atomic E-state index is 9.41. The van der Waals surface area contributed by atoms with Gasteiger partial charge in [-0.15, -0.1) is 0 Å². The van der Waals surface area contributed by atoms with Gasteiger partial charge in [0.2, 0.25) is 0 Å². The largest absolute Gasteiger partial charge is 0.488 e. The van der Waals surface area contributed by atoms with E-state index in [2.05, 4.69) is 272 Å². The molecule has 0 atom stereocenters. The zero-order valence-electron chi connectivity index (χ0n) is 54.7. The highest BCUT2D eigenvalue weighted by atomic mass is 79.9. The van der Waals surface area contributed by atoms with Crippen molar-refractivity contribution < 1.29 is 18.9 Å². The van der Waals surface area contributed by atoms with E-state index >= 15 is 0 Å². The fraction of sp³-hybridized carbons (Fsp3) is 0.0667. The number of rotatable bonds is 10. The van der Waals surface area contributed by atoms with Crippen LogP contribution in [-0.4, -0.2) is 17.2 Å². The van der Waals surface area contributed by atoms with Gasteiger partial charge < -0.3 is 28.7 Å². The molecule has 16 aromatic rings. The Balaban J connectivity index is 0.000000125. The first-order valence-electron chi connectivity index (χ1n) is 33.3. The molecule has 2 aliphatic rings. The predicted molar refractivity (Wildman–Crippen MR) is 412 cm³/mol. The van der Waals surface area contributed by atoms with Gasteiger partial charge in [0, 0.05) is 71.0 Å². The third kappa shape index (κ3) is 11.4. The van der Waals surface area contributed by atoms with Crippen molar-refractivity contribution in [3.05, 3.63) is 354 Å². The highest BCUT2D eigenvalue weighted by Crippen LogP contribution is 2.53. The smallest absolute Gasteiger partial charge is 0.456 e. The zero-order chi connectivity index (χ0) is 66.7. The van der Waals surface area contributed by atoms with Crippen molar-refractivity contribution in [3.63, 3.8) is 0 Å². The van der Waals surface area contributed by atoms with Gasteiger partial charge in [-0.1, -0.05) is 232 Å². The molecule has 0 aliphatic heterocycles. The summed E-state index contributed by atoms with van der Waals surface area (Å²) >= 11 is 3.64. The van der Waals surface area contributed by atoms with Crippen molar-refractivity contribution in [1.29, 1.82) is 0 Å². The quantitative estimate of drug-likeness (QED) is 0.133. The van der Waals surface area contributed by atoms with Gasteiger partial charge in [-0.2, -0.15) is 0 Å². The normalized spacial score (nSPS) is 12.8. The summed E-state index contributed by atoms with van der Waals surface area (Å²) in [5, 5.41) is 23.5. The van der Waals surface area contributed by atoms with Crippen LogP contribution in [0.1, 0.15) is 49.9 Å². The maximum Gasteiger partial charge on any atom is 0.488 e. The average Bonchev–Trinajstić information content (AvgIpc) is 1.57. The van der Waals surface area contributed by atoms with Crippen LogP contribution in [0, 0.1) is 0 Å². The predicted octanol–water partition coefficient (Wildman–Crippen LogP) is 23.9. The molecular weight excluding hydrogens is 1260 g/mol. The summed E-state index contributed by atoms with van der Waals surface area (Å²) in [7, 11) is -1.48. The zero-order valence-corrected chi connectivity index (χ0v) is 56.3.